The summed E-state index contributed by atoms with van der Waals surface area (Å²) in [7, 11) is 0. The highest BCUT2D eigenvalue weighted by Crippen LogP contribution is 2.52. The number of carbonyl (C=O) groups excluding carboxylic acids is 1. The number of ether oxygens (including phenoxy) is 1. The third-order valence-corrected chi connectivity index (χ3v) is 4.19. The Bertz CT molecular complexity index is 757. The van der Waals surface area contributed by atoms with E-state index in [-0.39, 0.29) is 16.9 Å². The summed E-state index contributed by atoms with van der Waals surface area (Å²) in [4.78, 5) is 12.1. The number of benzene rings is 2. The van der Waals surface area contributed by atoms with E-state index < -0.39 is 23.0 Å². The fourth-order valence-corrected chi connectivity index (χ4v) is 2.88. The van der Waals surface area contributed by atoms with Crippen molar-refractivity contribution in [3.8, 4) is 5.75 Å². The molecule has 6 nitrogen and oxygen atoms in total. The van der Waals surface area contributed by atoms with E-state index in [1.165, 1.54) is 30.3 Å². The molecule has 120 valence electrons. The van der Waals surface area contributed by atoms with Crippen LogP contribution in [0.4, 0.5) is 0 Å². The zero-order valence-electron chi connectivity index (χ0n) is 12.3. The second kappa shape index (κ2) is 4.87. The van der Waals surface area contributed by atoms with Crippen LogP contribution in [0.3, 0.4) is 0 Å². The van der Waals surface area contributed by atoms with Gasteiger partial charge in [-0.25, -0.2) is 0 Å². The smallest absolute Gasteiger partial charge is 0.293 e. The van der Waals surface area contributed by atoms with Crippen molar-refractivity contribution in [2.75, 3.05) is 0 Å². The Hall–Kier alpha value is -2.25. The van der Waals surface area contributed by atoms with Crippen LogP contribution in [0.1, 0.15) is 18.1 Å². The van der Waals surface area contributed by atoms with Gasteiger partial charge in [0.2, 0.25) is 5.60 Å². The van der Waals surface area contributed by atoms with Gasteiger partial charge in [-0.05, 0) is 13.0 Å². The van der Waals surface area contributed by atoms with Crippen molar-refractivity contribution >= 4 is 5.78 Å². The number of aliphatic hydroxyl groups is 4. The first-order valence-corrected chi connectivity index (χ1v) is 6.99. The average molecular weight is 316 g/mol. The first-order valence-electron chi connectivity index (χ1n) is 6.99. The molecule has 2 aromatic rings. The van der Waals surface area contributed by atoms with Crippen LogP contribution < -0.4 is 4.74 Å². The van der Waals surface area contributed by atoms with Crippen molar-refractivity contribution in [2.45, 2.75) is 24.1 Å². The number of carbonyl (C=O) groups is 1. The van der Waals surface area contributed by atoms with Gasteiger partial charge < -0.3 is 25.2 Å². The SMILES string of the molecule is CC(=O)C1(O)c2ccccc2OC(O)(c2ccccc2)C1(O)O. The first kappa shape index (κ1) is 15.6. The van der Waals surface area contributed by atoms with E-state index in [0.29, 0.717) is 0 Å². The molecule has 2 atom stereocenters. The molecular weight excluding hydrogens is 300 g/mol. The fourth-order valence-electron chi connectivity index (χ4n) is 2.88. The zero-order chi connectivity index (χ0) is 16.9. The van der Waals surface area contributed by atoms with Crippen LogP contribution in [-0.4, -0.2) is 32.0 Å². The molecule has 0 aliphatic carbocycles. The Morgan fingerprint density at radius 3 is 2.09 bits per heavy atom. The summed E-state index contributed by atoms with van der Waals surface area (Å²) in [5.74, 6) is -6.99. The van der Waals surface area contributed by atoms with E-state index in [2.05, 4.69) is 0 Å². The van der Waals surface area contributed by atoms with E-state index in [1.54, 1.807) is 24.3 Å². The van der Waals surface area contributed by atoms with E-state index in [0.717, 1.165) is 6.92 Å². The van der Waals surface area contributed by atoms with Gasteiger partial charge in [0.15, 0.2) is 5.78 Å². The number of para-hydroxylation sites is 1. The van der Waals surface area contributed by atoms with E-state index in [4.69, 9.17) is 4.74 Å². The minimum absolute atomic E-state index is 0.0146. The van der Waals surface area contributed by atoms with Gasteiger partial charge in [0.1, 0.15) is 5.75 Å². The quantitative estimate of drug-likeness (QED) is 0.597. The van der Waals surface area contributed by atoms with E-state index in [1.807, 2.05) is 0 Å². The number of ketones is 1. The predicted octanol–water partition coefficient (Wildman–Crippen LogP) is 0.382. The van der Waals surface area contributed by atoms with Crippen molar-refractivity contribution in [1.82, 2.24) is 0 Å². The first-order chi connectivity index (χ1) is 10.7. The van der Waals surface area contributed by atoms with Crippen LogP contribution in [0.25, 0.3) is 0 Å². The molecule has 0 bridgehead atoms. The van der Waals surface area contributed by atoms with Crippen molar-refractivity contribution in [2.24, 2.45) is 0 Å². The third-order valence-electron chi connectivity index (χ3n) is 4.19. The standard InChI is InChI=1S/C17H16O6/c1-11(18)15(19)13-9-5-6-10-14(13)23-16(20,17(15,21)22)12-7-3-2-4-8-12/h2-10,19-22H,1H3. The third kappa shape index (κ3) is 1.87. The zero-order valence-corrected chi connectivity index (χ0v) is 12.3. The molecule has 1 heterocycles. The van der Waals surface area contributed by atoms with Gasteiger partial charge in [-0.2, -0.15) is 0 Å². The molecule has 0 saturated carbocycles. The highest BCUT2D eigenvalue weighted by Gasteiger charge is 2.71. The topological polar surface area (TPSA) is 107 Å². The largest absolute Gasteiger partial charge is 0.452 e. The van der Waals surface area contributed by atoms with Gasteiger partial charge in [-0.15, -0.1) is 0 Å². The van der Waals surface area contributed by atoms with Gasteiger partial charge >= 0.3 is 0 Å². The second-order valence-electron chi connectivity index (χ2n) is 5.55. The lowest BCUT2D eigenvalue weighted by Gasteiger charge is -2.51. The van der Waals surface area contributed by atoms with Crippen molar-refractivity contribution in [3.05, 3.63) is 65.7 Å². The number of Topliss-reactive ketones (excluding diaryl/α,β-unsaturated/α-hetero) is 1. The molecular formula is C17H16O6. The molecule has 0 saturated heterocycles. The molecule has 2 aromatic carbocycles. The van der Waals surface area contributed by atoms with E-state index in [9.17, 15) is 25.2 Å². The van der Waals surface area contributed by atoms with Gasteiger partial charge in [0.25, 0.3) is 11.6 Å². The monoisotopic (exact) mass is 316 g/mol. The lowest BCUT2D eigenvalue weighted by atomic mass is 9.73. The molecule has 1 aliphatic heterocycles. The number of fused-ring (bicyclic) bond motifs is 1. The number of hydrogen-bond donors (Lipinski definition) is 4. The van der Waals surface area contributed by atoms with Crippen LogP contribution in [0.2, 0.25) is 0 Å². The fraction of sp³-hybridized carbons (Fsp3) is 0.235. The minimum Gasteiger partial charge on any atom is -0.452 e. The Kier molecular flexibility index (Phi) is 3.31. The van der Waals surface area contributed by atoms with Crippen LogP contribution in [0.15, 0.2) is 54.6 Å². The Balaban J connectivity index is 2.33. The van der Waals surface area contributed by atoms with Crippen LogP contribution in [0.5, 0.6) is 5.75 Å². The lowest BCUT2D eigenvalue weighted by Crippen LogP contribution is -2.71. The molecule has 3 rings (SSSR count). The Morgan fingerprint density at radius 2 is 1.48 bits per heavy atom. The maximum absolute atomic E-state index is 12.1. The van der Waals surface area contributed by atoms with Crippen LogP contribution in [0, 0.1) is 0 Å². The predicted molar refractivity (Wildman–Crippen MR) is 79.2 cm³/mol. The normalized spacial score (nSPS) is 28.6. The molecule has 23 heavy (non-hydrogen) atoms. The highest BCUT2D eigenvalue weighted by molar-refractivity contribution is 5.89. The summed E-state index contributed by atoms with van der Waals surface area (Å²) < 4.78 is 5.41. The van der Waals surface area contributed by atoms with Gasteiger partial charge in [-0.3, -0.25) is 4.79 Å². The van der Waals surface area contributed by atoms with Gasteiger partial charge in [0.05, 0.1) is 0 Å². The maximum atomic E-state index is 12.1. The van der Waals surface area contributed by atoms with Crippen molar-refractivity contribution in [1.29, 1.82) is 0 Å². The minimum atomic E-state index is -3.30. The number of hydrogen-bond acceptors (Lipinski definition) is 6. The van der Waals surface area contributed by atoms with E-state index >= 15 is 0 Å². The molecule has 6 heteroatoms. The highest BCUT2D eigenvalue weighted by atomic mass is 16.7. The summed E-state index contributed by atoms with van der Waals surface area (Å²) >= 11 is 0. The Morgan fingerprint density at radius 1 is 0.913 bits per heavy atom. The van der Waals surface area contributed by atoms with Gasteiger partial charge in [-0.1, -0.05) is 48.5 Å². The molecule has 4 N–H and O–H groups in total. The summed E-state index contributed by atoms with van der Waals surface area (Å²) in [6.45, 7) is 1.01. The van der Waals surface area contributed by atoms with Crippen molar-refractivity contribution < 1.29 is 30.0 Å². The lowest BCUT2D eigenvalue weighted by molar-refractivity contribution is -0.411. The van der Waals surface area contributed by atoms with Crippen LogP contribution in [-0.2, 0) is 16.2 Å². The maximum Gasteiger partial charge on any atom is 0.293 e. The molecule has 0 radical (unpaired) electrons. The Labute approximate surface area is 132 Å². The average Bonchev–Trinajstić information content (AvgIpc) is 2.54. The summed E-state index contributed by atoms with van der Waals surface area (Å²) in [5.41, 5.74) is -2.90. The number of rotatable bonds is 2. The molecule has 0 amide bonds. The second-order valence-corrected chi connectivity index (χ2v) is 5.55. The summed E-state index contributed by atoms with van der Waals surface area (Å²) in [5, 5.41) is 42.9. The molecule has 0 aromatic heterocycles. The van der Waals surface area contributed by atoms with Gasteiger partial charge in [0, 0.05) is 11.1 Å². The molecule has 0 spiro atoms. The summed E-state index contributed by atoms with van der Waals surface area (Å²) in [6, 6.07) is 13.4. The molecule has 2 unspecified atom stereocenters. The molecule has 1 aliphatic rings. The van der Waals surface area contributed by atoms with Crippen LogP contribution >= 0.6 is 0 Å². The summed E-state index contributed by atoms with van der Waals surface area (Å²) in [6.07, 6.45) is 0. The molecule has 0 fully saturated rings. The van der Waals surface area contributed by atoms with Crippen molar-refractivity contribution in [3.63, 3.8) is 0 Å².